The molecule has 0 aliphatic heterocycles. The van der Waals surface area contributed by atoms with Crippen LogP contribution in [-0.4, -0.2) is 9.97 Å². The third kappa shape index (κ3) is 4.96. The highest BCUT2D eigenvalue weighted by Crippen LogP contribution is 2.46. The van der Waals surface area contributed by atoms with Crippen LogP contribution < -0.4 is 0 Å². The zero-order chi connectivity index (χ0) is 35.6. The number of thiophene rings is 1. The molecule has 11 aromatic rings. The van der Waals surface area contributed by atoms with E-state index in [1.54, 1.807) is 0 Å². The summed E-state index contributed by atoms with van der Waals surface area (Å²) in [5.74, 6) is 0.702. The van der Waals surface area contributed by atoms with Crippen LogP contribution in [-0.2, 0) is 0 Å². The summed E-state index contributed by atoms with van der Waals surface area (Å²) >= 11 is 1.87. The molecule has 54 heavy (non-hydrogen) atoms. The van der Waals surface area contributed by atoms with Crippen LogP contribution >= 0.6 is 11.3 Å². The first-order valence-corrected chi connectivity index (χ1v) is 19.0. The monoisotopic (exact) mass is 706 g/mol. The Balaban J connectivity index is 1.12. The Bertz CT molecular complexity index is 3160. The maximum absolute atomic E-state index is 6.78. The highest BCUT2D eigenvalue weighted by molar-refractivity contribution is 7.26. The van der Waals surface area contributed by atoms with E-state index in [1.807, 2.05) is 47.7 Å². The van der Waals surface area contributed by atoms with Crippen LogP contribution in [0.25, 0.3) is 109 Å². The molecule has 0 amide bonds. The molecule has 11 rings (SSSR count). The molecule has 0 radical (unpaired) electrons. The lowest BCUT2D eigenvalue weighted by molar-refractivity contribution is 0.673. The summed E-state index contributed by atoms with van der Waals surface area (Å²) in [5, 5.41) is 7.11. The molecular formula is C50H30N2OS. The molecule has 252 valence electrons. The molecule has 0 fully saturated rings. The third-order valence-electron chi connectivity index (χ3n) is 10.5. The molecule has 3 heterocycles. The Morgan fingerprint density at radius 3 is 1.83 bits per heavy atom. The van der Waals surface area contributed by atoms with E-state index >= 15 is 0 Å². The van der Waals surface area contributed by atoms with Crippen molar-refractivity contribution in [2.24, 2.45) is 0 Å². The van der Waals surface area contributed by atoms with Crippen molar-refractivity contribution >= 4 is 64.2 Å². The fraction of sp³-hybridized carbons (Fsp3) is 0. The number of hydrogen-bond acceptors (Lipinski definition) is 4. The van der Waals surface area contributed by atoms with Gasteiger partial charge in [-0.15, -0.1) is 11.3 Å². The Hall–Kier alpha value is -6.88. The summed E-state index contributed by atoms with van der Waals surface area (Å²) < 4.78 is 9.39. The number of hydrogen-bond donors (Lipinski definition) is 0. The first-order chi connectivity index (χ1) is 26.8. The zero-order valence-corrected chi connectivity index (χ0v) is 29.8. The topological polar surface area (TPSA) is 38.9 Å². The number of benzene rings is 8. The van der Waals surface area contributed by atoms with Gasteiger partial charge >= 0.3 is 0 Å². The molecule has 0 N–H and O–H groups in total. The summed E-state index contributed by atoms with van der Waals surface area (Å²) in [6, 6.07) is 64.2. The van der Waals surface area contributed by atoms with Gasteiger partial charge in [-0.1, -0.05) is 152 Å². The average Bonchev–Trinajstić information content (AvgIpc) is 3.83. The summed E-state index contributed by atoms with van der Waals surface area (Å²) in [5.41, 5.74) is 11.3. The zero-order valence-electron chi connectivity index (χ0n) is 29.0. The molecule has 0 saturated carbocycles. The van der Waals surface area contributed by atoms with E-state index in [1.165, 1.54) is 36.7 Å². The van der Waals surface area contributed by atoms with Gasteiger partial charge in [0, 0.05) is 58.6 Å². The van der Waals surface area contributed by atoms with Gasteiger partial charge in [-0.25, -0.2) is 9.97 Å². The highest BCUT2D eigenvalue weighted by atomic mass is 32.1. The normalized spacial score (nSPS) is 11.7. The van der Waals surface area contributed by atoms with Crippen LogP contribution in [0.5, 0.6) is 0 Å². The van der Waals surface area contributed by atoms with Crippen LogP contribution in [0.15, 0.2) is 186 Å². The summed E-state index contributed by atoms with van der Waals surface area (Å²) in [6.45, 7) is 0. The van der Waals surface area contributed by atoms with Gasteiger partial charge in [-0.05, 0) is 52.4 Å². The second kappa shape index (κ2) is 12.4. The lowest BCUT2D eigenvalue weighted by atomic mass is 9.92. The molecule has 4 heteroatoms. The van der Waals surface area contributed by atoms with Crippen LogP contribution in [0.4, 0.5) is 0 Å². The molecule has 0 spiro atoms. The minimum Gasteiger partial charge on any atom is -0.455 e. The highest BCUT2D eigenvalue weighted by Gasteiger charge is 2.20. The molecule has 0 saturated heterocycles. The first kappa shape index (κ1) is 30.7. The molecular weight excluding hydrogens is 677 g/mol. The van der Waals surface area contributed by atoms with Crippen molar-refractivity contribution in [2.75, 3.05) is 0 Å². The van der Waals surface area contributed by atoms with Gasteiger partial charge in [0.1, 0.15) is 11.2 Å². The Labute approximate surface area is 315 Å². The molecule has 8 aromatic carbocycles. The maximum Gasteiger partial charge on any atom is 0.160 e. The van der Waals surface area contributed by atoms with Gasteiger partial charge in [0.05, 0.1) is 11.4 Å². The van der Waals surface area contributed by atoms with E-state index in [0.717, 1.165) is 66.5 Å². The standard InChI is InChI=1S/C50H30N2OS/c1-3-14-31(15-4-1)43-30-44(52-50(51-43)32-16-5-2-6-17-32)34-19-11-18-33(28-34)35-23-13-26-45-47(35)42-29-41(36-20-7-8-22-38(36)48(42)53-45)40-25-12-24-39-37-21-9-10-27-46(37)54-49(39)40/h1-30H. The van der Waals surface area contributed by atoms with Gasteiger partial charge in [0.25, 0.3) is 0 Å². The molecule has 3 nitrogen and oxygen atoms in total. The van der Waals surface area contributed by atoms with Crippen molar-refractivity contribution in [1.82, 2.24) is 9.97 Å². The van der Waals surface area contributed by atoms with Crippen molar-refractivity contribution in [3.8, 4) is 56.2 Å². The largest absolute Gasteiger partial charge is 0.455 e. The Morgan fingerprint density at radius 1 is 0.389 bits per heavy atom. The third-order valence-corrected chi connectivity index (χ3v) is 11.7. The van der Waals surface area contributed by atoms with Crippen molar-refractivity contribution in [3.63, 3.8) is 0 Å². The number of fused-ring (bicyclic) bond motifs is 8. The Kier molecular flexibility index (Phi) is 7.04. The minimum atomic E-state index is 0.702. The van der Waals surface area contributed by atoms with Crippen LogP contribution in [0, 0.1) is 0 Å². The minimum absolute atomic E-state index is 0.702. The fourth-order valence-corrected chi connectivity index (χ4v) is 9.22. The van der Waals surface area contributed by atoms with Gasteiger partial charge in [-0.2, -0.15) is 0 Å². The number of nitrogens with zero attached hydrogens (tertiary/aromatic N) is 2. The van der Waals surface area contributed by atoms with Gasteiger partial charge < -0.3 is 4.42 Å². The van der Waals surface area contributed by atoms with Crippen molar-refractivity contribution < 1.29 is 4.42 Å². The lowest BCUT2D eigenvalue weighted by Gasteiger charge is -2.11. The maximum atomic E-state index is 6.78. The summed E-state index contributed by atoms with van der Waals surface area (Å²) in [7, 11) is 0. The number of rotatable bonds is 5. The quantitative estimate of drug-likeness (QED) is 0.179. The van der Waals surface area contributed by atoms with E-state index in [9.17, 15) is 0 Å². The second-order valence-electron chi connectivity index (χ2n) is 13.7. The predicted molar refractivity (Wildman–Crippen MR) is 227 cm³/mol. The van der Waals surface area contributed by atoms with E-state index in [2.05, 4.69) is 146 Å². The smallest absolute Gasteiger partial charge is 0.160 e. The molecule has 0 aliphatic rings. The molecule has 0 bridgehead atoms. The van der Waals surface area contributed by atoms with Crippen LogP contribution in [0.3, 0.4) is 0 Å². The van der Waals surface area contributed by atoms with Gasteiger partial charge in [-0.3, -0.25) is 0 Å². The van der Waals surface area contributed by atoms with Crippen LogP contribution in [0.2, 0.25) is 0 Å². The van der Waals surface area contributed by atoms with E-state index < -0.39 is 0 Å². The number of furan rings is 1. The average molecular weight is 707 g/mol. The SMILES string of the molecule is c1ccc(-c2cc(-c3cccc(-c4cccc5oc6c7ccccc7c(-c7cccc8c7sc7ccccc78)cc6c45)c3)nc(-c3ccccc3)n2)cc1. The van der Waals surface area contributed by atoms with Crippen molar-refractivity contribution in [1.29, 1.82) is 0 Å². The number of aromatic nitrogens is 2. The lowest BCUT2D eigenvalue weighted by Crippen LogP contribution is -1.96. The fourth-order valence-electron chi connectivity index (χ4n) is 7.99. The molecule has 3 aromatic heterocycles. The molecule has 0 unspecified atom stereocenters. The van der Waals surface area contributed by atoms with E-state index in [0.29, 0.717) is 5.82 Å². The summed E-state index contributed by atoms with van der Waals surface area (Å²) in [6.07, 6.45) is 0. The first-order valence-electron chi connectivity index (χ1n) is 18.2. The van der Waals surface area contributed by atoms with E-state index in [-0.39, 0.29) is 0 Å². The van der Waals surface area contributed by atoms with Gasteiger partial charge in [0.15, 0.2) is 5.82 Å². The second-order valence-corrected chi connectivity index (χ2v) is 14.7. The van der Waals surface area contributed by atoms with Gasteiger partial charge in [0.2, 0.25) is 0 Å². The van der Waals surface area contributed by atoms with E-state index in [4.69, 9.17) is 14.4 Å². The predicted octanol–water partition coefficient (Wildman–Crippen LogP) is 14.2. The van der Waals surface area contributed by atoms with Crippen LogP contribution in [0.1, 0.15) is 0 Å². The molecule has 0 atom stereocenters. The van der Waals surface area contributed by atoms with Crippen molar-refractivity contribution in [2.45, 2.75) is 0 Å². The van der Waals surface area contributed by atoms with Crippen molar-refractivity contribution in [3.05, 3.63) is 182 Å². The molecule has 0 aliphatic carbocycles. The summed E-state index contributed by atoms with van der Waals surface area (Å²) in [4.78, 5) is 10.1. The Morgan fingerprint density at radius 2 is 1.00 bits per heavy atom.